The van der Waals surface area contributed by atoms with Crippen molar-refractivity contribution >= 4 is 23.4 Å². The van der Waals surface area contributed by atoms with Crippen molar-refractivity contribution in [1.29, 1.82) is 0 Å². The first kappa shape index (κ1) is 18.6. The summed E-state index contributed by atoms with van der Waals surface area (Å²) < 4.78 is 26.1. The number of urea groups is 2. The first-order valence-electron chi connectivity index (χ1n) is 8.27. The van der Waals surface area contributed by atoms with Crippen LogP contribution in [-0.2, 0) is 0 Å². The van der Waals surface area contributed by atoms with Crippen LogP contribution in [0.4, 0.5) is 29.7 Å². The molecule has 1 heterocycles. The molecule has 9 heteroatoms. The summed E-state index contributed by atoms with van der Waals surface area (Å²) in [6.45, 7) is 0.902. The van der Waals surface area contributed by atoms with Crippen LogP contribution in [0.1, 0.15) is 11.7 Å². The van der Waals surface area contributed by atoms with Gasteiger partial charge >= 0.3 is 12.1 Å². The van der Waals surface area contributed by atoms with E-state index >= 15 is 0 Å². The molecule has 0 bridgehead atoms. The standard InChI is InChI=1S/C18H18F2N4O3/c19-14-5-4-11(8-15(14)20)16(25)10-22-17(26)23-12-2-1-3-13(9-12)24-7-6-21-18(24)27/h1-5,8-9,16,25H,6-7,10H2,(H,21,27)(H2,22,23,26). The molecule has 1 fully saturated rings. The molecular formula is C18H18F2N4O3. The molecule has 0 spiro atoms. The lowest BCUT2D eigenvalue weighted by Crippen LogP contribution is -2.32. The molecule has 2 aromatic carbocycles. The van der Waals surface area contributed by atoms with Crippen molar-refractivity contribution in [2.45, 2.75) is 6.10 Å². The molecule has 1 unspecified atom stereocenters. The molecule has 1 atom stereocenters. The number of hydrogen-bond acceptors (Lipinski definition) is 3. The van der Waals surface area contributed by atoms with E-state index in [1.807, 2.05) is 0 Å². The van der Waals surface area contributed by atoms with Gasteiger partial charge in [-0.2, -0.15) is 0 Å². The summed E-state index contributed by atoms with van der Waals surface area (Å²) >= 11 is 0. The molecule has 1 aliphatic heterocycles. The van der Waals surface area contributed by atoms with Gasteiger partial charge in [0.2, 0.25) is 0 Å². The second-order valence-corrected chi connectivity index (χ2v) is 5.96. The topological polar surface area (TPSA) is 93.7 Å². The zero-order chi connectivity index (χ0) is 19.4. The van der Waals surface area contributed by atoms with Gasteiger partial charge in [0.05, 0.1) is 6.10 Å². The molecule has 142 valence electrons. The predicted molar refractivity (Wildman–Crippen MR) is 95.5 cm³/mol. The van der Waals surface area contributed by atoms with Crippen molar-refractivity contribution < 1.29 is 23.5 Å². The van der Waals surface area contributed by atoms with Gasteiger partial charge in [0, 0.05) is 31.0 Å². The Hall–Kier alpha value is -3.20. The van der Waals surface area contributed by atoms with Crippen LogP contribution >= 0.6 is 0 Å². The fourth-order valence-corrected chi connectivity index (χ4v) is 2.67. The zero-order valence-electron chi connectivity index (χ0n) is 14.2. The van der Waals surface area contributed by atoms with Gasteiger partial charge in [-0.3, -0.25) is 4.90 Å². The highest BCUT2D eigenvalue weighted by Crippen LogP contribution is 2.21. The van der Waals surface area contributed by atoms with Crippen LogP contribution in [0, 0.1) is 11.6 Å². The van der Waals surface area contributed by atoms with Gasteiger partial charge in [-0.1, -0.05) is 12.1 Å². The molecule has 4 amide bonds. The molecule has 7 nitrogen and oxygen atoms in total. The van der Waals surface area contributed by atoms with Gasteiger partial charge < -0.3 is 21.1 Å². The number of rotatable bonds is 5. The molecule has 1 aliphatic rings. The molecule has 0 aliphatic carbocycles. The summed E-state index contributed by atoms with van der Waals surface area (Å²) in [5.41, 5.74) is 1.26. The average Bonchev–Trinajstić information content (AvgIpc) is 3.08. The molecule has 3 rings (SSSR count). The van der Waals surface area contributed by atoms with Gasteiger partial charge in [0.25, 0.3) is 0 Å². The number of aliphatic hydroxyl groups is 1. The minimum atomic E-state index is -1.19. The monoisotopic (exact) mass is 376 g/mol. The summed E-state index contributed by atoms with van der Waals surface area (Å²) in [5, 5.41) is 17.7. The number of carbonyl (C=O) groups is 2. The second-order valence-electron chi connectivity index (χ2n) is 5.96. The molecule has 0 radical (unpaired) electrons. The molecule has 27 heavy (non-hydrogen) atoms. The Labute approximate surface area is 154 Å². The van der Waals surface area contributed by atoms with Crippen molar-refractivity contribution in [1.82, 2.24) is 10.6 Å². The summed E-state index contributed by atoms with van der Waals surface area (Å²) in [6.07, 6.45) is -1.19. The maximum Gasteiger partial charge on any atom is 0.321 e. The Balaban J connectivity index is 1.56. The number of nitrogens with one attached hydrogen (secondary N) is 3. The number of hydrogen-bond donors (Lipinski definition) is 4. The fourth-order valence-electron chi connectivity index (χ4n) is 2.67. The van der Waals surface area contributed by atoms with E-state index in [0.29, 0.717) is 24.5 Å². The average molecular weight is 376 g/mol. The Morgan fingerprint density at radius 3 is 2.74 bits per heavy atom. The predicted octanol–water partition coefficient (Wildman–Crippen LogP) is 2.35. The number of benzene rings is 2. The summed E-state index contributed by atoms with van der Waals surface area (Å²) in [4.78, 5) is 25.3. The normalized spacial score (nSPS) is 14.6. The molecule has 0 aromatic heterocycles. The first-order chi connectivity index (χ1) is 12.9. The van der Waals surface area contributed by atoms with Crippen LogP contribution in [0.25, 0.3) is 0 Å². The van der Waals surface area contributed by atoms with Crippen molar-refractivity contribution in [2.24, 2.45) is 0 Å². The van der Waals surface area contributed by atoms with Crippen LogP contribution in [0.15, 0.2) is 42.5 Å². The van der Waals surface area contributed by atoms with Crippen LogP contribution in [0.5, 0.6) is 0 Å². The first-order valence-corrected chi connectivity index (χ1v) is 8.27. The molecule has 1 saturated heterocycles. The van der Waals surface area contributed by atoms with Gasteiger partial charge in [-0.05, 0) is 35.9 Å². The van der Waals surface area contributed by atoms with Crippen LogP contribution < -0.4 is 20.9 Å². The number of halogens is 2. The van der Waals surface area contributed by atoms with Gasteiger partial charge in [0.1, 0.15) is 0 Å². The third-order valence-electron chi connectivity index (χ3n) is 4.06. The molecular weight excluding hydrogens is 358 g/mol. The number of carbonyl (C=O) groups excluding carboxylic acids is 2. The van der Waals surface area contributed by atoms with Gasteiger partial charge in [-0.25, -0.2) is 18.4 Å². The Bertz CT molecular complexity index is 862. The Kier molecular flexibility index (Phi) is 5.51. The number of anilines is 2. The van der Waals surface area contributed by atoms with E-state index in [1.165, 1.54) is 6.07 Å². The van der Waals surface area contributed by atoms with E-state index < -0.39 is 23.8 Å². The minimum Gasteiger partial charge on any atom is -0.387 e. The molecule has 4 N–H and O–H groups in total. The smallest absolute Gasteiger partial charge is 0.321 e. The van der Waals surface area contributed by atoms with Crippen LogP contribution in [0.2, 0.25) is 0 Å². The van der Waals surface area contributed by atoms with Gasteiger partial charge in [-0.15, -0.1) is 0 Å². The number of amides is 4. The summed E-state index contributed by atoms with van der Waals surface area (Å²) in [7, 11) is 0. The lowest BCUT2D eigenvalue weighted by atomic mass is 10.1. The SMILES string of the molecule is O=C(NCC(O)c1ccc(F)c(F)c1)Nc1cccc(N2CCNC2=O)c1. The summed E-state index contributed by atoms with van der Waals surface area (Å²) in [6, 6.07) is 9.00. The fraction of sp³-hybridized carbons (Fsp3) is 0.222. The summed E-state index contributed by atoms with van der Waals surface area (Å²) in [5.74, 6) is -2.08. The second kappa shape index (κ2) is 8.00. The quantitative estimate of drug-likeness (QED) is 0.645. The highest BCUT2D eigenvalue weighted by Gasteiger charge is 2.21. The van der Waals surface area contributed by atoms with Gasteiger partial charge in [0.15, 0.2) is 11.6 Å². The van der Waals surface area contributed by atoms with Crippen LogP contribution in [0.3, 0.4) is 0 Å². The van der Waals surface area contributed by atoms with Crippen molar-refractivity contribution in [3.05, 3.63) is 59.7 Å². The number of aliphatic hydroxyl groups excluding tert-OH is 1. The Morgan fingerprint density at radius 2 is 2.04 bits per heavy atom. The van der Waals surface area contributed by atoms with Crippen molar-refractivity contribution in [3.63, 3.8) is 0 Å². The van der Waals surface area contributed by atoms with E-state index in [9.17, 15) is 23.5 Å². The minimum absolute atomic E-state index is 0.149. The highest BCUT2D eigenvalue weighted by atomic mass is 19.2. The lowest BCUT2D eigenvalue weighted by Gasteiger charge is -2.16. The van der Waals surface area contributed by atoms with E-state index in [0.717, 1.165) is 12.1 Å². The van der Waals surface area contributed by atoms with E-state index in [2.05, 4.69) is 16.0 Å². The van der Waals surface area contributed by atoms with Crippen molar-refractivity contribution in [3.8, 4) is 0 Å². The third-order valence-corrected chi connectivity index (χ3v) is 4.06. The van der Waals surface area contributed by atoms with Crippen molar-refractivity contribution in [2.75, 3.05) is 29.9 Å². The van der Waals surface area contributed by atoms with E-state index in [1.54, 1.807) is 29.2 Å². The highest BCUT2D eigenvalue weighted by molar-refractivity contribution is 5.95. The molecule has 2 aromatic rings. The Morgan fingerprint density at radius 1 is 1.22 bits per heavy atom. The maximum absolute atomic E-state index is 13.2. The molecule has 0 saturated carbocycles. The lowest BCUT2D eigenvalue weighted by molar-refractivity contribution is 0.174. The zero-order valence-corrected chi connectivity index (χ0v) is 14.2. The largest absolute Gasteiger partial charge is 0.387 e. The van der Waals surface area contributed by atoms with E-state index in [4.69, 9.17) is 0 Å². The third kappa shape index (κ3) is 4.50. The van der Waals surface area contributed by atoms with E-state index in [-0.39, 0.29) is 18.1 Å². The number of nitrogens with zero attached hydrogens (tertiary/aromatic N) is 1. The maximum atomic E-state index is 13.2. The van der Waals surface area contributed by atoms with Crippen LogP contribution in [-0.4, -0.2) is 36.8 Å².